The molecule has 4 heteroatoms. The standard InChI is InChI=1S/C15H15NO3/c16-12-15(8-10-18-11-9-15)19-14(17)7-6-13-4-2-1-3-5-13/h1-7H,8-11H2. The summed E-state index contributed by atoms with van der Waals surface area (Å²) in [4.78, 5) is 11.7. The number of hydrogen-bond acceptors (Lipinski definition) is 4. The molecule has 1 aromatic rings. The van der Waals surface area contributed by atoms with E-state index in [-0.39, 0.29) is 0 Å². The third-order valence-electron chi connectivity index (χ3n) is 3.01. The van der Waals surface area contributed by atoms with Gasteiger partial charge in [-0.1, -0.05) is 30.3 Å². The smallest absolute Gasteiger partial charge is 0.332 e. The second-order valence-electron chi connectivity index (χ2n) is 4.38. The Morgan fingerprint density at radius 1 is 1.32 bits per heavy atom. The van der Waals surface area contributed by atoms with Gasteiger partial charge < -0.3 is 9.47 Å². The van der Waals surface area contributed by atoms with Crippen molar-refractivity contribution in [2.45, 2.75) is 18.4 Å². The van der Waals surface area contributed by atoms with Gasteiger partial charge >= 0.3 is 5.97 Å². The molecule has 2 rings (SSSR count). The van der Waals surface area contributed by atoms with Gasteiger partial charge in [-0.2, -0.15) is 5.26 Å². The summed E-state index contributed by atoms with van der Waals surface area (Å²) in [5.74, 6) is -0.493. The van der Waals surface area contributed by atoms with Crippen molar-refractivity contribution in [3.63, 3.8) is 0 Å². The van der Waals surface area contributed by atoms with E-state index in [1.807, 2.05) is 30.3 Å². The number of carbonyl (C=O) groups excluding carboxylic acids is 1. The van der Waals surface area contributed by atoms with Crippen molar-refractivity contribution in [1.29, 1.82) is 5.26 Å². The quantitative estimate of drug-likeness (QED) is 0.616. The Morgan fingerprint density at radius 3 is 2.63 bits per heavy atom. The van der Waals surface area contributed by atoms with Gasteiger partial charge in [-0.3, -0.25) is 0 Å². The Morgan fingerprint density at radius 2 is 2.00 bits per heavy atom. The Kier molecular flexibility index (Phi) is 4.32. The maximum absolute atomic E-state index is 11.7. The fourth-order valence-corrected chi connectivity index (χ4v) is 1.89. The van der Waals surface area contributed by atoms with E-state index < -0.39 is 11.6 Å². The molecule has 0 atom stereocenters. The number of ether oxygens (including phenoxy) is 2. The largest absolute Gasteiger partial charge is 0.440 e. The minimum atomic E-state index is -1.03. The Bertz CT molecular complexity index is 496. The fraction of sp³-hybridized carbons (Fsp3) is 0.333. The molecule has 0 aliphatic carbocycles. The van der Waals surface area contributed by atoms with E-state index in [1.54, 1.807) is 6.08 Å². The molecule has 0 spiro atoms. The number of hydrogen-bond donors (Lipinski definition) is 0. The first kappa shape index (κ1) is 13.3. The Labute approximate surface area is 112 Å². The van der Waals surface area contributed by atoms with Crippen LogP contribution in [0.3, 0.4) is 0 Å². The molecular formula is C15H15NO3. The van der Waals surface area contributed by atoms with Crippen molar-refractivity contribution in [1.82, 2.24) is 0 Å². The third kappa shape index (κ3) is 3.67. The molecule has 0 radical (unpaired) electrons. The molecule has 0 aromatic heterocycles. The molecule has 19 heavy (non-hydrogen) atoms. The fourth-order valence-electron chi connectivity index (χ4n) is 1.89. The van der Waals surface area contributed by atoms with Gasteiger partial charge in [0.15, 0.2) is 0 Å². The van der Waals surface area contributed by atoms with Gasteiger partial charge in [0.25, 0.3) is 0 Å². The van der Waals surface area contributed by atoms with Crippen LogP contribution >= 0.6 is 0 Å². The Hall–Kier alpha value is -2.12. The average Bonchev–Trinajstić information content (AvgIpc) is 2.47. The van der Waals surface area contributed by atoms with Gasteiger partial charge in [0, 0.05) is 18.9 Å². The molecule has 0 amide bonds. The summed E-state index contributed by atoms with van der Waals surface area (Å²) in [5, 5.41) is 9.17. The minimum absolute atomic E-state index is 0.425. The van der Waals surface area contributed by atoms with E-state index in [4.69, 9.17) is 14.7 Å². The molecule has 1 heterocycles. The maximum atomic E-state index is 11.7. The number of esters is 1. The number of nitriles is 1. The summed E-state index contributed by atoms with van der Waals surface area (Å²) >= 11 is 0. The molecular weight excluding hydrogens is 242 g/mol. The lowest BCUT2D eigenvalue weighted by Gasteiger charge is -2.29. The highest BCUT2D eigenvalue weighted by atomic mass is 16.6. The lowest BCUT2D eigenvalue weighted by atomic mass is 9.96. The number of carbonyl (C=O) groups is 1. The van der Waals surface area contributed by atoms with Gasteiger partial charge in [0.2, 0.25) is 5.60 Å². The summed E-state index contributed by atoms with van der Waals surface area (Å²) in [6.07, 6.45) is 3.87. The van der Waals surface area contributed by atoms with Crippen LogP contribution in [0, 0.1) is 11.3 Å². The van der Waals surface area contributed by atoms with Crippen LogP contribution in [0.4, 0.5) is 0 Å². The van der Waals surface area contributed by atoms with E-state index in [0.29, 0.717) is 26.1 Å². The van der Waals surface area contributed by atoms with Crippen molar-refractivity contribution in [3.05, 3.63) is 42.0 Å². The summed E-state index contributed by atoms with van der Waals surface area (Å²) < 4.78 is 10.5. The predicted octanol–water partition coefficient (Wildman–Crippen LogP) is 2.32. The zero-order chi connectivity index (χ0) is 13.6. The molecule has 1 aromatic carbocycles. The number of benzene rings is 1. The molecule has 98 valence electrons. The predicted molar refractivity (Wildman–Crippen MR) is 70.0 cm³/mol. The molecule has 0 bridgehead atoms. The molecule has 4 nitrogen and oxygen atoms in total. The minimum Gasteiger partial charge on any atom is -0.440 e. The van der Waals surface area contributed by atoms with Crippen LogP contribution in [0.2, 0.25) is 0 Å². The Balaban J connectivity index is 1.97. The summed E-state index contributed by atoms with van der Waals surface area (Å²) in [6, 6.07) is 11.5. The van der Waals surface area contributed by atoms with Crippen LogP contribution in [0.25, 0.3) is 6.08 Å². The first-order valence-electron chi connectivity index (χ1n) is 6.19. The van der Waals surface area contributed by atoms with E-state index >= 15 is 0 Å². The number of rotatable bonds is 3. The van der Waals surface area contributed by atoms with Crippen LogP contribution < -0.4 is 0 Å². The van der Waals surface area contributed by atoms with Crippen molar-refractivity contribution in [3.8, 4) is 6.07 Å². The highest BCUT2D eigenvalue weighted by molar-refractivity contribution is 5.87. The summed E-state index contributed by atoms with van der Waals surface area (Å²) in [6.45, 7) is 0.895. The molecule has 1 aliphatic rings. The molecule has 0 N–H and O–H groups in total. The van der Waals surface area contributed by atoms with Gasteiger partial charge in [-0.15, -0.1) is 0 Å². The number of nitrogens with zero attached hydrogens (tertiary/aromatic N) is 1. The lowest BCUT2D eigenvalue weighted by molar-refractivity contribution is -0.154. The third-order valence-corrected chi connectivity index (χ3v) is 3.01. The van der Waals surface area contributed by atoms with E-state index in [1.165, 1.54) is 6.08 Å². The molecule has 0 unspecified atom stereocenters. The topological polar surface area (TPSA) is 59.3 Å². The first-order chi connectivity index (χ1) is 9.24. The second-order valence-corrected chi connectivity index (χ2v) is 4.38. The van der Waals surface area contributed by atoms with Gasteiger partial charge in [0.1, 0.15) is 6.07 Å². The van der Waals surface area contributed by atoms with Gasteiger partial charge in [-0.25, -0.2) is 4.79 Å². The van der Waals surface area contributed by atoms with E-state index in [2.05, 4.69) is 6.07 Å². The van der Waals surface area contributed by atoms with Crippen LogP contribution in [0.15, 0.2) is 36.4 Å². The molecule has 1 saturated heterocycles. The monoisotopic (exact) mass is 257 g/mol. The highest BCUT2D eigenvalue weighted by Crippen LogP contribution is 2.24. The molecule has 1 aliphatic heterocycles. The van der Waals surface area contributed by atoms with Crippen molar-refractivity contribution in [2.75, 3.05) is 13.2 Å². The van der Waals surface area contributed by atoms with Crippen LogP contribution in [-0.2, 0) is 14.3 Å². The summed E-state index contributed by atoms with van der Waals surface area (Å²) in [7, 11) is 0. The zero-order valence-electron chi connectivity index (χ0n) is 10.5. The zero-order valence-corrected chi connectivity index (χ0v) is 10.5. The highest BCUT2D eigenvalue weighted by Gasteiger charge is 2.36. The van der Waals surface area contributed by atoms with Crippen LogP contribution in [-0.4, -0.2) is 24.8 Å². The van der Waals surface area contributed by atoms with Crippen molar-refractivity contribution >= 4 is 12.0 Å². The van der Waals surface area contributed by atoms with Crippen molar-refractivity contribution in [2.24, 2.45) is 0 Å². The average molecular weight is 257 g/mol. The van der Waals surface area contributed by atoms with Crippen LogP contribution in [0.1, 0.15) is 18.4 Å². The van der Waals surface area contributed by atoms with Crippen molar-refractivity contribution < 1.29 is 14.3 Å². The van der Waals surface area contributed by atoms with E-state index in [9.17, 15) is 4.79 Å². The normalized spacial score (nSPS) is 17.8. The van der Waals surface area contributed by atoms with E-state index in [0.717, 1.165) is 5.56 Å². The molecule has 1 fully saturated rings. The van der Waals surface area contributed by atoms with Gasteiger partial charge in [-0.05, 0) is 11.6 Å². The SMILES string of the molecule is N#CC1(OC(=O)C=Cc2ccccc2)CCOCC1. The second kappa shape index (κ2) is 6.17. The summed E-state index contributed by atoms with van der Waals surface area (Å²) in [5.41, 5.74) is -0.117. The first-order valence-corrected chi connectivity index (χ1v) is 6.19. The molecule has 0 saturated carbocycles. The lowest BCUT2D eigenvalue weighted by Crippen LogP contribution is -2.39. The van der Waals surface area contributed by atoms with Gasteiger partial charge in [0.05, 0.1) is 13.2 Å². The maximum Gasteiger partial charge on any atom is 0.332 e. The van der Waals surface area contributed by atoms with Crippen LogP contribution in [0.5, 0.6) is 0 Å².